The zero-order valence-corrected chi connectivity index (χ0v) is 10.2. The van der Waals surface area contributed by atoms with Gasteiger partial charge in [0.05, 0.1) is 5.92 Å². The molecule has 2 amide bonds. The predicted molar refractivity (Wildman–Crippen MR) is 62.0 cm³/mol. The van der Waals surface area contributed by atoms with Gasteiger partial charge in [0.15, 0.2) is 0 Å². The molecule has 6 heteroatoms. The van der Waals surface area contributed by atoms with Gasteiger partial charge in [-0.15, -0.1) is 0 Å². The molecule has 0 saturated heterocycles. The molecule has 0 aliphatic carbocycles. The highest BCUT2D eigenvalue weighted by Gasteiger charge is 2.25. The molecule has 2 atom stereocenters. The fraction of sp³-hybridized carbons (Fsp3) is 0.727. The van der Waals surface area contributed by atoms with Crippen LogP contribution in [0.4, 0.5) is 0 Å². The summed E-state index contributed by atoms with van der Waals surface area (Å²) in [5, 5.41) is 11.4. The number of amides is 2. The lowest BCUT2D eigenvalue weighted by atomic mass is 9.95. The molecule has 0 aliphatic rings. The first kappa shape index (κ1) is 15.4. The average molecular weight is 244 g/mol. The number of carboxylic acids is 1. The van der Waals surface area contributed by atoms with Crippen LogP contribution in [0.15, 0.2) is 0 Å². The monoisotopic (exact) mass is 244 g/mol. The first-order valence-corrected chi connectivity index (χ1v) is 5.65. The van der Waals surface area contributed by atoms with Crippen molar-refractivity contribution in [3.63, 3.8) is 0 Å². The molecule has 0 bridgehead atoms. The SMILES string of the molecule is CC(C(=O)O)C(C)C(=O)NCCCCC(N)=O. The molecule has 0 heterocycles. The van der Waals surface area contributed by atoms with Crippen molar-refractivity contribution in [1.82, 2.24) is 5.32 Å². The first-order valence-electron chi connectivity index (χ1n) is 5.65. The van der Waals surface area contributed by atoms with Crippen LogP contribution in [-0.2, 0) is 14.4 Å². The number of primary amides is 1. The van der Waals surface area contributed by atoms with E-state index >= 15 is 0 Å². The van der Waals surface area contributed by atoms with Crippen LogP contribution >= 0.6 is 0 Å². The van der Waals surface area contributed by atoms with E-state index < -0.39 is 17.8 Å². The second kappa shape index (κ2) is 7.65. The highest BCUT2D eigenvalue weighted by molar-refractivity contribution is 5.84. The molecule has 0 radical (unpaired) electrons. The van der Waals surface area contributed by atoms with Crippen LogP contribution in [0.2, 0.25) is 0 Å². The Morgan fingerprint density at radius 1 is 1.18 bits per heavy atom. The van der Waals surface area contributed by atoms with Gasteiger partial charge >= 0.3 is 5.97 Å². The normalized spacial score (nSPS) is 13.8. The zero-order valence-electron chi connectivity index (χ0n) is 10.2. The van der Waals surface area contributed by atoms with Crippen LogP contribution in [0, 0.1) is 11.8 Å². The number of hydrogen-bond acceptors (Lipinski definition) is 3. The van der Waals surface area contributed by atoms with E-state index in [-0.39, 0.29) is 11.8 Å². The Bertz CT molecular complexity index is 291. The van der Waals surface area contributed by atoms with E-state index in [1.807, 2.05) is 0 Å². The van der Waals surface area contributed by atoms with Gasteiger partial charge in [0.25, 0.3) is 0 Å². The molecule has 0 aromatic heterocycles. The van der Waals surface area contributed by atoms with Gasteiger partial charge < -0.3 is 16.2 Å². The molecule has 0 aromatic rings. The number of carbonyl (C=O) groups is 3. The lowest BCUT2D eigenvalue weighted by Crippen LogP contribution is -2.35. The Hall–Kier alpha value is -1.59. The number of rotatable bonds is 8. The third-order valence-electron chi connectivity index (χ3n) is 2.70. The number of carbonyl (C=O) groups excluding carboxylic acids is 2. The fourth-order valence-corrected chi connectivity index (χ4v) is 1.24. The van der Waals surface area contributed by atoms with Gasteiger partial charge in [-0.05, 0) is 12.8 Å². The van der Waals surface area contributed by atoms with Crippen LogP contribution in [0.25, 0.3) is 0 Å². The summed E-state index contributed by atoms with van der Waals surface area (Å²) >= 11 is 0. The predicted octanol–water partition coefficient (Wildman–Crippen LogP) is 0.115. The summed E-state index contributed by atoms with van der Waals surface area (Å²) in [5.74, 6) is -2.89. The molecule has 0 spiro atoms. The average Bonchev–Trinajstić information content (AvgIpc) is 2.25. The molecule has 0 rings (SSSR count). The molecule has 0 aliphatic heterocycles. The Kier molecular flexibility index (Phi) is 6.93. The van der Waals surface area contributed by atoms with Crippen molar-refractivity contribution in [1.29, 1.82) is 0 Å². The lowest BCUT2D eigenvalue weighted by molar-refractivity contribution is -0.146. The fourth-order valence-electron chi connectivity index (χ4n) is 1.24. The topological polar surface area (TPSA) is 109 Å². The standard InChI is InChI=1S/C11H20N2O4/c1-7(8(2)11(16)17)10(15)13-6-4-3-5-9(12)14/h7-8H,3-6H2,1-2H3,(H2,12,14)(H,13,15)(H,16,17). The maximum absolute atomic E-state index is 11.5. The Morgan fingerprint density at radius 2 is 1.76 bits per heavy atom. The van der Waals surface area contributed by atoms with Crippen LogP contribution in [0.1, 0.15) is 33.1 Å². The van der Waals surface area contributed by atoms with Crippen LogP contribution < -0.4 is 11.1 Å². The van der Waals surface area contributed by atoms with Gasteiger partial charge in [-0.2, -0.15) is 0 Å². The molecule has 2 unspecified atom stereocenters. The van der Waals surface area contributed by atoms with E-state index in [9.17, 15) is 14.4 Å². The minimum absolute atomic E-state index is 0.279. The summed E-state index contributed by atoms with van der Waals surface area (Å²) in [6.45, 7) is 3.51. The highest BCUT2D eigenvalue weighted by atomic mass is 16.4. The second-order valence-electron chi connectivity index (χ2n) is 4.13. The van der Waals surface area contributed by atoms with Gasteiger partial charge in [0, 0.05) is 18.9 Å². The number of unbranched alkanes of at least 4 members (excludes halogenated alkanes) is 1. The summed E-state index contributed by atoms with van der Waals surface area (Å²) < 4.78 is 0. The number of carboxylic acid groups (broad SMARTS) is 1. The molecule has 17 heavy (non-hydrogen) atoms. The summed E-state index contributed by atoms with van der Waals surface area (Å²) in [7, 11) is 0. The quantitative estimate of drug-likeness (QED) is 0.526. The molecule has 6 nitrogen and oxygen atoms in total. The van der Waals surface area contributed by atoms with Crippen LogP contribution in [-0.4, -0.2) is 29.4 Å². The Labute approximate surface area is 101 Å². The molecule has 4 N–H and O–H groups in total. The summed E-state index contributed by atoms with van der Waals surface area (Å²) in [5.41, 5.74) is 4.96. The van der Waals surface area contributed by atoms with Crippen molar-refractivity contribution in [2.75, 3.05) is 6.54 Å². The summed E-state index contributed by atoms with van der Waals surface area (Å²) in [6, 6.07) is 0. The van der Waals surface area contributed by atoms with Gasteiger partial charge in [-0.1, -0.05) is 13.8 Å². The number of nitrogens with two attached hydrogens (primary N) is 1. The number of hydrogen-bond donors (Lipinski definition) is 3. The van der Waals surface area contributed by atoms with E-state index in [0.717, 1.165) is 0 Å². The zero-order chi connectivity index (χ0) is 13.4. The maximum atomic E-state index is 11.5. The minimum atomic E-state index is -0.985. The van der Waals surface area contributed by atoms with E-state index in [2.05, 4.69) is 5.32 Å². The van der Waals surface area contributed by atoms with Gasteiger partial charge in [-0.25, -0.2) is 0 Å². The maximum Gasteiger partial charge on any atom is 0.307 e. The molecular weight excluding hydrogens is 224 g/mol. The van der Waals surface area contributed by atoms with Crippen molar-refractivity contribution in [3.8, 4) is 0 Å². The molecule has 0 saturated carbocycles. The molecule has 0 aromatic carbocycles. The van der Waals surface area contributed by atoms with Crippen molar-refractivity contribution in [2.24, 2.45) is 17.6 Å². The third kappa shape index (κ3) is 6.55. The summed E-state index contributed by atoms with van der Waals surface area (Å²) in [6.07, 6.45) is 1.58. The largest absolute Gasteiger partial charge is 0.481 e. The number of nitrogens with one attached hydrogen (secondary N) is 1. The van der Waals surface area contributed by atoms with E-state index in [1.54, 1.807) is 6.92 Å². The smallest absolute Gasteiger partial charge is 0.307 e. The molecular formula is C11H20N2O4. The van der Waals surface area contributed by atoms with Gasteiger partial charge in [0.2, 0.25) is 11.8 Å². The van der Waals surface area contributed by atoms with Crippen molar-refractivity contribution >= 4 is 17.8 Å². The Morgan fingerprint density at radius 3 is 2.24 bits per heavy atom. The van der Waals surface area contributed by atoms with E-state index in [0.29, 0.717) is 25.8 Å². The molecule has 0 fully saturated rings. The van der Waals surface area contributed by atoms with Crippen LogP contribution in [0.5, 0.6) is 0 Å². The van der Waals surface area contributed by atoms with Gasteiger partial charge in [0.1, 0.15) is 0 Å². The van der Waals surface area contributed by atoms with Crippen molar-refractivity contribution in [3.05, 3.63) is 0 Å². The number of aliphatic carboxylic acids is 1. The van der Waals surface area contributed by atoms with E-state index in [4.69, 9.17) is 10.8 Å². The Balaban J connectivity index is 3.79. The highest BCUT2D eigenvalue weighted by Crippen LogP contribution is 2.10. The minimum Gasteiger partial charge on any atom is -0.481 e. The van der Waals surface area contributed by atoms with Crippen molar-refractivity contribution in [2.45, 2.75) is 33.1 Å². The van der Waals surface area contributed by atoms with E-state index in [1.165, 1.54) is 6.92 Å². The molecule has 98 valence electrons. The van der Waals surface area contributed by atoms with Crippen LogP contribution in [0.3, 0.4) is 0 Å². The van der Waals surface area contributed by atoms with Gasteiger partial charge in [-0.3, -0.25) is 14.4 Å². The second-order valence-corrected chi connectivity index (χ2v) is 4.13. The third-order valence-corrected chi connectivity index (χ3v) is 2.70. The van der Waals surface area contributed by atoms with Crippen molar-refractivity contribution < 1.29 is 19.5 Å². The summed E-state index contributed by atoms with van der Waals surface area (Å²) in [4.78, 5) is 32.6. The lowest BCUT2D eigenvalue weighted by Gasteiger charge is -2.15. The first-order chi connectivity index (χ1) is 7.86.